The first-order valence-corrected chi connectivity index (χ1v) is 11.8. The van der Waals surface area contributed by atoms with Gasteiger partial charge in [-0.2, -0.15) is 0 Å². The van der Waals surface area contributed by atoms with Gasteiger partial charge in [-0.25, -0.2) is 0 Å². The first kappa shape index (κ1) is 18.4. The van der Waals surface area contributed by atoms with Crippen LogP contribution in [-0.2, 0) is 0 Å². The molecule has 0 aliphatic heterocycles. The van der Waals surface area contributed by atoms with E-state index in [-0.39, 0.29) is 0 Å². The van der Waals surface area contributed by atoms with E-state index in [1.807, 2.05) is 0 Å². The van der Waals surface area contributed by atoms with Gasteiger partial charge in [0.15, 0.2) is 0 Å². The third-order valence-corrected chi connectivity index (χ3v) is 7.23. The molecule has 0 spiro atoms. The van der Waals surface area contributed by atoms with E-state index in [4.69, 9.17) is 0 Å². The molecule has 0 bridgehead atoms. The molecule has 0 radical (unpaired) electrons. The minimum absolute atomic E-state index is 0.452. The second-order valence-electron chi connectivity index (χ2n) is 7.50. The maximum atomic E-state index is 2.36. The molecule has 0 aliphatic carbocycles. The molecule has 144 valence electrons. The summed E-state index contributed by atoms with van der Waals surface area (Å²) in [5.41, 5.74) is 3.55. The van der Waals surface area contributed by atoms with Gasteiger partial charge in [-0.15, -0.1) is 0 Å². The molecular formula is C28H23NSi. The summed E-state index contributed by atoms with van der Waals surface area (Å²) in [6.45, 7) is 0. The average molecular weight is 402 g/mol. The second kappa shape index (κ2) is 8.40. The summed E-state index contributed by atoms with van der Waals surface area (Å²) < 4.78 is 0. The molecule has 0 saturated carbocycles. The number of hydrogen-bond donors (Lipinski definition) is 0. The lowest BCUT2D eigenvalue weighted by Crippen LogP contribution is -2.26. The van der Waals surface area contributed by atoms with E-state index >= 15 is 0 Å². The van der Waals surface area contributed by atoms with Crippen molar-refractivity contribution in [2.24, 2.45) is 0 Å². The number of anilines is 3. The predicted molar refractivity (Wildman–Crippen MR) is 133 cm³/mol. The van der Waals surface area contributed by atoms with E-state index in [9.17, 15) is 0 Å². The average Bonchev–Trinajstić information content (AvgIpc) is 2.82. The van der Waals surface area contributed by atoms with Crippen LogP contribution >= 0.6 is 0 Å². The van der Waals surface area contributed by atoms with Crippen molar-refractivity contribution in [2.45, 2.75) is 0 Å². The van der Waals surface area contributed by atoms with Crippen LogP contribution in [0.5, 0.6) is 0 Å². The zero-order valence-electron chi connectivity index (χ0n) is 16.8. The van der Waals surface area contributed by atoms with E-state index in [1.54, 1.807) is 0 Å². The summed E-state index contributed by atoms with van der Waals surface area (Å²) >= 11 is 0. The number of benzene rings is 5. The minimum Gasteiger partial charge on any atom is -0.310 e. The van der Waals surface area contributed by atoms with Crippen LogP contribution in [-0.4, -0.2) is 9.52 Å². The van der Waals surface area contributed by atoms with E-state index in [0.717, 1.165) is 0 Å². The molecule has 2 heteroatoms. The molecule has 1 nitrogen and oxygen atoms in total. The quantitative estimate of drug-likeness (QED) is 0.355. The Bertz CT molecular complexity index is 1240. The molecular weight excluding hydrogens is 378 g/mol. The van der Waals surface area contributed by atoms with E-state index in [2.05, 4.69) is 132 Å². The van der Waals surface area contributed by atoms with Crippen molar-refractivity contribution >= 4 is 47.7 Å². The first-order chi connectivity index (χ1) is 14.9. The highest BCUT2D eigenvalue weighted by Gasteiger charge is 2.14. The summed E-state index contributed by atoms with van der Waals surface area (Å²) in [5.74, 6) is 0. The second-order valence-corrected chi connectivity index (χ2v) is 9.48. The molecule has 0 unspecified atom stereocenters. The minimum atomic E-state index is -0.452. The van der Waals surface area contributed by atoms with Crippen molar-refractivity contribution in [3.05, 3.63) is 127 Å². The molecule has 5 aromatic rings. The van der Waals surface area contributed by atoms with Crippen molar-refractivity contribution in [3.8, 4) is 0 Å². The standard InChI is InChI=1S/C28H23NSi/c1-3-12-23(13-4-1)29(28-17-9-11-22-10-7-8-16-27(22)28)24-18-20-26(21-19-24)30-25-14-5-2-6-15-25/h1-21H,30H2. The lowest BCUT2D eigenvalue weighted by Gasteiger charge is -2.27. The number of fused-ring (bicyclic) bond motifs is 1. The summed E-state index contributed by atoms with van der Waals surface area (Å²) in [6, 6.07) is 45.7. The molecule has 0 atom stereocenters. The van der Waals surface area contributed by atoms with Gasteiger partial charge in [-0.1, -0.05) is 107 Å². The highest BCUT2D eigenvalue weighted by Crippen LogP contribution is 2.38. The summed E-state index contributed by atoms with van der Waals surface area (Å²) in [4.78, 5) is 2.36. The lowest BCUT2D eigenvalue weighted by molar-refractivity contribution is 1.30. The van der Waals surface area contributed by atoms with Crippen LogP contribution in [0.25, 0.3) is 10.8 Å². The molecule has 0 saturated heterocycles. The van der Waals surface area contributed by atoms with Crippen LogP contribution in [0.3, 0.4) is 0 Å². The van der Waals surface area contributed by atoms with Crippen LogP contribution in [0.2, 0.25) is 0 Å². The van der Waals surface area contributed by atoms with Crippen molar-refractivity contribution in [3.63, 3.8) is 0 Å². The normalized spacial score (nSPS) is 11.2. The SMILES string of the molecule is c1ccc([SiH2]c2ccc(N(c3ccccc3)c3cccc4ccccc34)cc2)cc1. The Kier molecular flexibility index (Phi) is 5.15. The fourth-order valence-electron chi connectivity index (χ4n) is 4.00. The Morgan fingerprint density at radius 2 is 1.00 bits per heavy atom. The van der Waals surface area contributed by atoms with Crippen molar-refractivity contribution < 1.29 is 0 Å². The molecule has 30 heavy (non-hydrogen) atoms. The summed E-state index contributed by atoms with van der Waals surface area (Å²) in [6.07, 6.45) is 0. The fraction of sp³-hybridized carbons (Fsp3) is 0. The number of rotatable bonds is 5. The highest BCUT2D eigenvalue weighted by atomic mass is 28.2. The van der Waals surface area contributed by atoms with Crippen LogP contribution in [0.15, 0.2) is 127 Å². The molecule has 0 heterocycles. The lowest BCUT2D eigenvalue weighted by atomic mass is 10.1. The summed E-state index contributed by atoms with van der Waals surface area (Å²) in [5, 5.41) is 5.44. The van der Waals surface area contributed by atoms with Gasteiger partial charge in [0.25, 0.3) is 0 Å². The van der Waals surface area contributed by atoms with Crippen LogP contribution in [0, 0.1) is 0 Å². The van der Waals surface area contributed by atoms with Crippen molar-refractivity contribution in [1.82, 2.24) is 0 Å². The molecule has 5 aromatic carbocycles. The molecule has 0 amide bonds. The van der Waals surface area contributed by atoms with Crippen LogP contribution in [0.1, 0.15) is 0 Å². The van der Waals surface area contributed by atoms with Gasteiger partial charge in [-0.05, 0) is 35.7 Å². The largest absolute Gasteiger partial charge is 0.310 e. The van der Waals surface area contributed by atoms with Gasteiger partial charge in [0.1, 0.15) is 0 Å². The van der Waals surface area contributed by atoms with E-state index in [1.165, 1.54) is 38.2 Å². The number of nitrogens with zero attached hydrogens (tertiary/aromatic N) is 1. The zero-order chi connectivity index (χ0) is 20.2. The van der Waals surface area contributed by atoms with Gasteiger partial charge in [-0.3, -0.25) is 0 Å². The highest BCUT2D eigenvalue weighted by molar-refractivity contribution is 6.67. The monoisotopic (exact) mass is 401 g/mol. The third-order valence-electron chi connectivity index (χ3n) is 5.47. The molecule has 0 fully saturated rings. The maximum Gasteiger partial charge on any atom is 0.0875 e. The smallest absolute Gasteiger partial charge is 0.0875 e. The van der Waals surface area contributed by atoms with Gasteiger partial charge in [0.05, 0.1) is 15.2 Å². The first-order valence-electron chi connectivity index (χ1n) is 10.3. The fourth-order valence-corrected chi connectivity index (χ4v) is 5.45. The Labute approximate surface area is 180 Å². The molecule has 0 aliphatic rings. The molecule has 0 N–H and O–H groups in total. The van der Waals surface area contributed by atoms with Crippen LogP contribution < -0.4 is 15.3 Å². The predicted octanol–water partition coefficient (Wildman–Crippen LogP) is 5.43. The van der Waals surface area contributed by atoms with Crippen molar-refractivity contribution in [2.75, 3.05) is 4.90 Å². The van der Waals surface area contributed by atoms with Gasteiger partial charge in [0.2, 0.25) is 0 Å². The van der Waals surface area contributed by atoms with Gasteiger partial charge >= 0.3 is 0 Å². The molecule has 0 aromatic heterocycles. The Hall–Kier alpha value is -3.62. The van der Waals surface area contributed by atoms with E-state index < -0.39 is 9.52 Å². The van der Waals surface area contributed by atoms with Crippen LogP contribution in [0.4, 0.5) is 17.1 Å². The van der Waals surface area contributed by atoms with Gasteiger partial charge < -0.3 is 4.90 Å². The topological polar surface area (TPSA) is 3.24 Å². The summed E-state index contributed by atoms with van der Waals surface area (Å²) in [7, 11) is -0.452. The van der Waals surface area contributed by atoms with E-state index in [0.29, 0.717) is 0 Å². The zero-order valence-corrected chi connectivity index (χ0v) is 18.2. The number of hydrogen-bond acceptors (Lipinski definition) is 1. The Morgan fingerprint density at radius 1 is 0.433 bits per heavy atom. The molecule has 5 rings (SSSR count). The number of para-hydroxylation sites is 1. The Morgan fingerprint density at radius 3 is 1.77 bits per heavy atom. The van der Waals surface area contributed by atoms with Gasteiger partial charge in [0, 0.05) is 16.8 Å². The third kappa shape index (κ3) is 3.78. The van der Waals surface area contributed by atoms with Crippen molar-refractivity contribution in [1.29, 1.82) is 0 Å². The maximum absolute atomic E-state index is 2.36. The Balaban J connectivity index is 1.58.